The highest BCUT2D eigenvalue weighted by atomic mass is 35.5. The zero-order valence-corrected chi connectivity index (χ0v) is 22.6. The van der Waals surface area contributed by atoms with Crippen LogP contribution in [-0.2, 0) is 16.1 Å². The fourth-order valence-corrected chi connectivity index (χ4v) is 6.00. The van der Waals surface area contributed by atoms with Gasteiger partial charge in [-0.25, -0.2) is 4.39 Å². The van der Waals surface area contributed by atoms with Crippen LogP contribution in [-0.4, -0.2) is 69.8 Å². The summed E-state index contributed by atoms with van der Waals surface area (Å²) < 4.78 is 16.5. The van der Waals surface area contributed by atoms with Crippen LogP contribution < -0.4 is 0 Å². The van der Waals surface area contributed by atoms with E-state index in [2.05, 4.69) is 5.10 Å². The van der Waals surface area contributed by atoms with E-state index >= 15 is 0 Å². The fraction of sp³-hybridized carbons (Fsp3) is 0.448. The molecule has 2 heterocycles. The summed E-state index contributed by atoms with van der Waals surface area (Å²) in [7, 11) is 3.88. The number of Topliss-reactive ketones (excluding diaryl/α,β-unsaturated/α-hetero) is 2. The second-order valence-corrected chi connectivity index (χ2v) is 11.2. The van der Waals surface area contributed by atoms with Crippen molar-refractivity contribution in [2.24, 2.45) is 5.92 Å². The molecule has 200 valence electrons. The Kier molecular flexibility index (Phi) is 7.38. The number of amides is 1. The van der Waals surface area contributed by atoms with E-state index in [1.165, 1.54) is 13.0 Å². The molecule has 1 amide bonds. The Balaban J connectivity index is 1.37. The monoisotopic (exact) mass is 538 g/mol. The number of ketones is 2. The molecule has 0 radical (unpaired) electrons. The van der Waals surface area contributed by atoms with Crippen molar-refractivity contribution in [2.45, 2.75) is 57.2 Å². The van der Waals surface area contributed by atoms with Crippen LogP contribution in [0.2, 0.25) is 5.02 Å². The Hall–Kier alpha value is -3.10. The number of hydrogen-bond acceptors (Lipinski definition) is 5. The summed E-state index contributed by atoms with van der Waals surface area (Å²) in [6, 6.07) is 11.8. The first kappa shape index (κ1) is 26.5. The third-order valence-electron chi connectivity index (χ3n) is 7.83. The highest BCUT2D eigenvalue weighted by Gasteiger charge is 2.55. The van der Waals surface area contributed by atoms with Crippen LogP contribution in [0.3, 0.4) is 0 Å². The molecule has 0 unspecified atom stereocenters. The van der Waals surface area contributed by atoms with E-state index < -0.39 is 11.9 Å². The van der Waals surface area contributed by atoms with Crippen molar-refractivity contribution >= 4 is 40.0 Å². The quantitative estimate of drug-likeness (QED) is 0.349. The van der Waals surface area contributed by atoms with Gasteiger partial charge in [0.25, 0.3) is 0 Å². The van der Waals surface area contributed by atoms with E-state index in [4.69, 9.17) is 11.6 Å². The van der Waals surface area contributed by atoms with Gasteiger partial charge in [-0.1, -0.05) is 41.9 Å². The average molecular weight is 539 g/mol. The van der Waals surface area contributed by atoms with Crippen molar-refractivity contribution in [3.05, 3.63) is 64.6 Å². The van der Waals surface area contributed by atoms with E-state index in [1.54, 1.807) is 21.7 Å². The molecule has 2 aliphatic rings. The van der Waals surface area contributed by atoms with Gasteiger partial charge in [0.05, 0.1) is 16.6 Å². The summed E-state index contributed by atoms with van der Waals surface area (Å²) in [6.07, 6.45) is 2.25. The van der Waals surface area contributed by atoms with Crippen LogP contribution in [0, 0.1) is 11.7 Å². The number of rotatable bonds is 10. The van der Waals surface area contributed by atoms with Gasteiger partial charge < -0.3 is 9.80 Å². The lowest BCUT2D eigenvalue weighted by Gasteiger charge is -2.29. The molecule has 4 atom stereocenters. The van der Waals surface area contributed by atoms with Gasteiger partial charge in [0.1, 0.15) is 18.1 Å². The minimum atomic E-state index is -0.538. The van der Waals surface area contributed by atoms with Gasteiger partial charge >= 0.3 is 0 Å². The SMILES string of the molecule is CC(=O)c1nn(CC(=O)N2[C@@H]3C[C@@H]3C[C@H]2C(=O)C[C@H](CCN(C)C)c2cccc(Cl)c2F)c2ccccc12. The van der Waals surface area contributed by atoms with Crippen molar-refractivity contribution in [3.8, 4) is 0 Å². The molecule has 3 aromatic rings. The standard InChI is InChI=1S/C29H32ClFN4O3/c1-17(36)29-21-7-4-5-10-23(21)34(32-29)16-27(38)35-24-13-19(24)14-25(35)26(37)15-18(11-12-33(2)3)20-8-6-9-22(30)28(20)31/h4-10,18-19,24-25H,11-16H2,1-3H3/t18-,19+,24+,25-/m0/s1. The number of para-hydroxylation sites is 1. The Labute approximate surface area is 226 Å². The molecule has 7 nitrogen and oxygen atoms in total. The van der Waals surface area contributed by atoms with Crippen LogP contribution >= 0.6 is 11.6 Å². The molecule has 1 aromatic heterocycles. The molecule has 1 aliphatic carbocycles. The molecule has 1 saturated heterocycles. The summed E-state index contributed by atoms with van der Waals surface area (Å²) in [6.45, 7) is 2.10. The van der Waals surface area contributed by atoms with Gasteiger partial charge in [-0.15, -0.1) is 0 Å². The molecule has 0 N–H and O–H groups in total. The first-order valence-electron chi connectivity index (χ1n) is 13.0. The predicted octanol–water partition coefficient (Wildman–Crippen LogP) is 4.72. The molecular weight excluding hydrogens is 507 g/mol. The van der Waals surface area contributed by atoms with Crippen LogP contribution in [0.15, 0.2) is 42.5 Å². The summed E-state index contributed by atoms with van der Waals surface area (Å²) >= 11 is 6.06. The lowest BCUT2D eigenvalue weighted by molar-refractivity contribution is -0.139. The van der Waals surface area contributed by atoms with E-state index in [0.29, 0.717) is 47.5 Å². The third-order valence-corrected chi connectivity index (χ3v) is 8.13. The van der Waals surface area contributed by atoms with Gasteiger partial charge in [0.2, 0.25) is 5.91 Å². The molecule has 0 spiro atoms. The minimum Gasteiger partial charge on any atom is -0.328 e. The topological polar surface area (TPSA) is 75.5 Å². The molecule has 1 saturated carbocycles. The average Bonchev–Trinajstić information content (AvgIpc) is 3.38. The number of benzene rings is 2. The van der Waals surface area contributed by atoms with E-state index in [1.807, 2.05) is 43.3 Å². The molecule has 1 aliphatic heterocycles. The number of fused-ring (bicyclic) bond motifs is 2. The van der Waals surface area contributed by atoms with Crippen molar-refractivity contribution in [1.82, 2.24) is 19.6 Å². The minimum absolute atomic E-state index is 0.0418. The number of carbonyl (C=O) groups is 3. The Morgan fingerprint density at radius 3 is 2.63 bits per heavy atom. The number of nitrogens with zero attached hydrogens (tertiary/aromatic N) is 4. The highest BCUT2D eigenvalue weighted by Crippen LogP contribution is 2.49. The van der Waals surface area contributed by atoms with Crippen LogP contribution in [0.5, 0.6) is 0 Å². The normalized spacial score (nSPS) is 21.1. The molecule has 5 rings (SSSR count). The number of halogens is 2. The zero-order chi connectivity index (χ0) is 27.1. The fourth-order valence-electron chi connectivity index (χ4n) is 5.82. The third kappa shape index (κ3) is 5.12. The van der Waals surface area contributed by atoms with Crippen LogP contribution in [0.1, 0.15) is 54.6 Å². The second-order valence-electron chi connectivity index (χ2n) is 10.8. The maximum absolute atomic E-state index is 15.0. The number of aromatic nitrogens is 2. The number of piperidine rings is 1. The first-order valence-corrected chi connectivity index (χ1v) is 13.4. The van der Waals surface area contributed by atoms with E-state index in [0.717, 1.165) is 6.42 Å². The number of hydrogen-bond donors (Lipinski definition) is 0. The molecule has 2 fully saturated rings. The van der Waals surface area contributed by atoms with E-state index in [9.17, 15) is 18.8 Å². The Bertz CT molecular complexity index is 1400. The van der Waals surface area contributed by atoms with Crippen molar-refractivity contribution in [3.63, 3.8) is 0 Å². The number of carbonyl (C=O) groups excluding carboxylic acids is 3. The van der Waals surface area contributed by atoms with Gasteiger partial charge in [-0.2, -0.15) is 5.10 Å². The first-order chi connectivity index (χ1) is 18.2. The maximum atomic E-state index is 15.0. The lowest BCUT2D eigenvalue weighted by atomic mass is 9.87. The van der Waals surface area contributed by atoms with Gasteiger partial charge in [0.15, 0.2) is 11.6 Å². The molecule has 0 bridgehead atoms. The molecule has 9 heteroatoms. The van der Waals surface area contributed by atoms with Crippen molar-refractivity contribution in [2.75, 3.05) is 20.6 Å². The van der Waals surface area contributed by atoms with Crippen LogP contribution in [0.4, 0.5) is 4.39 Å². The summed E-state index contributed by atoms with van der Waals surface area (Å²) in [5.74, 6) is -0.914. The predicted molar refractivity (Wildman–Crippen MR) is 144 cm³/mol. The lowest BCUT2D eigenvalue weighted by Crippen LogP contribution is -2.45. The van der Waals surface area contributed by atoms with Gasteiger partial charge in [0, 0.05) is 24.8 Å². The van der Waals surface area contributed by atoms with Crippen LogP contribution in [0.25, 0.3) is 10.9 Å². The summed E-state index contributed by atoms with van der Waals surface area (Å²) in [5.41, 5.74) is 1.48. The largest absolute Gasteiger partial charge is 0.328 e. The van der Waals surface area contributed by atoms with Gasteiger partial charge in [-0.3, -0.25) is 19.1 Å². The molecule has 38 heavy (non-hydrogen) atoms. The molecular formula is C29H32ClFN4O3. The summed E-state index contributed by atoms with van der Waals surface area (Å²) in [5, 5.41) is 5.18. The highest BCUT2D eigenvalue weighted by molar-refractivity contribution is 6.30. The Morgan fingerprint density at radius 1 is 1.13 bits per heavy atom. The number of likely N-dealkylation sites (tertiary alicyclic amines) is 1. The van der Waals surface area contributed by atoms with Crippen molar-refractivity contribution < 1.29 is 18.8 Å². The smallest absolute Gasteiger partial charge is 0.245 e. The van der Waals surface area contributed by atoms with Crippen molar-refractivity contribution in [1.29, 1.82) is 0 Å². The summed E-state index contributed by atoms with van der Waals surface area (Å²) in [4.78, 5) is 43.1. The van der Waals surface area contributed by atoms with Gasteiger partial charge in [-0.05, 0) is 69.4 Å². The maximum Gasteiger partial charge on any atom is 0.245 e. The van der Waals surface area contributed by atoms with E-state index in [-0.39, 0.29) is 47.4 Å². The molecule has 2 aromatic carbocycles. The zero-order valence-electron chi connectivity index (χ0n) is 21.9. The second kappa shape index (κ2) is 10.6. The Morgan fingerprint density at radius 2 is 1.89 bits per heavy atom.